The van der Waals surface area contributed by atoms with E-state index in [1.807, 2.05) is 18.2 Å². The highest BCUT2D eigenvalue weighted by molar-refractivity contribution is 6.06. The Hall–Kier alpha value is -3.01. The summed E-state index contributed by atoms with van der Waals surface area (Å²) in [4.78, 5) is 7.34. The van der Waals surface area contributed by atoms with E-state index >= 15 is 0 Å². The SMILES string of the molecule is COc1ccc2ccc3c(c2c1)N=C(C)C1(O3)N(C)c2ccccc2C1(C)C. The van der Waals surface area contributed by atoms with Gasteiger partial charge in [0.05, 0.1) is 18.2 Å². The maximum atomic E-state index is 6.84. The zero-order valence-electron chi connectivity index (χ0n) is 16.9. The van der Waals surface area contributed by atoms with E-state index in [1.165, 1.54) is 11.3 Å². The van der Waals surface area contributed by atoms with Crippen molar-refractivity contribution in [3.05, 3.63) is 60.2 Å². The third-order valence-corrected chi connectivity index (χ3v) is 6.45. The molecule has 0 N–H and O–H groups in total. The number of nitrogens with zero attached hydrogens (tertiary/aromatic N) is 2. The molecule has 0 aromatic heterocycles. The zero-order chi connectivity index (χ0) is 19.7. The summed E-state index contributed by atoms with van der Waals surface area (Å²) in [5, 5.41) is 2.17. The maximum Gasteiger partial charge on any atom is 0.231 e. The quantitative estimate of drug-likeness (QED) is 0.569. The van der Waals surface area contributed by atoms with E-state index in [2.05, 4.69) is 69.1 Å². The van der Waals surface area contributed by atoms with Crippen molar-refractivity contribution in [3.8, 4) is 11.5 Å². The number of aliphatic imine (C=N–C) groups is 1. The van der Waals surface area contributed by atoms with E-state index in [4.69, 9.17) is 14.5 Å². The molecule has 0 fully saturated rings. The summed E-state index contributed by atoms with van der Waals surface area (Å²) in [6.45, 7) is 6.55. The molecule has 2 aliphatic rings. The lowest BCUT2D eigenvalue weighted by molar-refractivity contribution is 0.0769. The molecule has 5 rings (SSSR count). The van der Waals surface area contributed by atoms with E-state index in [-0.39, 0.29) is 5.41 Å². The van der Waals surface area contributed by atoms with Gasteiger partial charge in [-0.05, 0) is 56.0 Å². The Kier molecular flexibility index (Phi) is 3.36. The number of benzene rings is 3. The number of anilines is 1. The Balaban J connectivity index is 1.75. The zero-order valence-corrected chi connectivity index (χ0v) is 16.9. The molecule has 3 aromatic rings. The van der Waals surface area contributed by atoms with E-state index in [0.717, 1.165) is 33.7 Å². The van der Waals surface area contributed by atoms with Gasteiger partial charge in [-0.1, -0.05) is 30.3 Å². The summed E-state index contributed by atoms with van der Waals surface area (Å²) in [7, 11) is 3.78. The van der Waals surface area contributed by atoms with Crippen molar-refractivity contribution in [2.45, 2.75) is 31.9 Å². The average molecular weight is 372 g/mol. The van der Waals surface area contributed by atoms with Crippen LogP contribution in [-0.4, -0.2) is 25.6 Å². The molecule has 0 saturated carbocycles. The first-order valence-corrected chi connectivity index (χ1v) is 9.59. The van der Waals surface area contributed by atoms with Crippen molar-refractivity contribution in [2.75, 3.05) is 19.1 Å². The molecule has 0 amide bonds. The van der Waals surface area contributed by atoms with Crippen molar-refractivity contribution in [1.82, 2.24) is 0 Å². The molecule has 0 radical (unpaired) electrons. The number of ether oxygens (including phenoxy) is 2. The molecule has 1 unspecified atom stereocenters. The monoisotopic (exact) mass is 372 g/mol. The van der Waals surface area contributed by atoms with Gasteiger partial charge in [-0.25, -0.2) is 4.99 Å². The molecule has 0 bridgehead atoms. The Bertz CT molecular complexity index is 1150. The van der Waals surface area contributed by atoms with Crippen molar-refractivity contribution >= 4 is 27.9 Å². The first-order chi connectivity index (χ1) is 13.4. The first kappa shape index (κ1) is 17.1. The Morgan fingerprint density at radius 2 is 1.79 bits per heavy atom. The van der Waals surface area contributed by atoms with E-state index in [9.17, 15) is 0 Å². The molecule has 28 heavy (non-hydrogen) atoms. The number of hydrogen-bond acceptors (Lipinski definition) is 4. The van der Waals surface area contributed by atoms with Crippen LogP contribution in [0, 0.1) is 0 Å². The van der Waals surface area contributed by atoms with Crippen LogP contribution in [-0.2, 0) is 5.41 Å². The minimum Gasteiger partial charge on any atom is -0.497 e. The van der Waals surface area contributed by atoms with Crippen LogP contribution in [0.1, 0.15) is 26.3 Å². The number of fused-ring (bicyclic) bond motifs is 4. The molecule has 4 nitrogen and oxygen atoms in total. The highest BCUT2D eigenvalue weighted by Crippen LogP contribution is 2.55. The summed E-state index contributed by atoms with van der Waals surface area (Å²) in [5.74, 6) is 1.62. The number of likely N-dealkylation sites (N-methyl/N-ethyl adjacent to an activating group) is 1. The minimum absolute atomic E-state index is 0.257. The van der Waals surface area contributed by atoms with Crippen LogP contribution in [0.3, 0.4) is 0 Å². The van der Waals surface area contributed by atoms with E-state index in [0.29, 0.717) is 0 Å². The third kappa shape index (κ3) is 1.93. The molecule has 3 aromatic carbocycles. The van der Waals surface area contributed by atoms with Gasteiger partial charge in [0.1, 0.15) is 17.2 Å². The lowest BCUT2D eigenvalue weighted by Crippen LogP contribution is -2.64. The molecule has 1 spiro atoms. The van der Waals surface area contributed by atoms with Gasteiger partial charge in [0.2, 0.25) is 5.72 Å². The predicted molar refractivity (Wildman–Crippen MR) is 114 cm³/mol. The fourth-order valence-corrected chi connectivity index (χ4v) is 5.02. The van der Waals surface area contributed by atoms with Crippen LogP contribution < -0.4 is 14.4 Å². The molecular weight excluding hydrogens is 348 g/mol. The van der Waals surface area contributed by atoms with Gasteiger partial charge < -0.3 is 14.4 Å². The van der Waals surface area contributed by atoms with Gasteiger partial charge >= 0.3 is 0 Å². The number of rotatable bonds is 1. The molecular formula is C24H24N2O2. The third-order valence-electron chi connectivity index (χ3n) is 6.45. The van der Waals surface area contributed by atoms with Gasteiger partial charge in [-0.15, -0.1) is 0 Å². The number of para-hydroxylation sites is 1. The van der Waals surface area contributed by atoms with Crippen LogP contribution in [0.5, 0.6) is 11.5 Å². The van der Waals surface area contributed by atoms with Crippen molar-refractivity contribution in [3.63, 3.8) is 0 Å². The van der Waals surface area contributed by atoms with E-state index < -0.39 is 5.72 Å². The van der Waals surface area contributed by atoms with Gasteiger partial charge in [0.25, 0.3) is 0 Å². The lowest BCUT2D eigenvalue weighted by Gasteiger charge is -2.47. The second-order valence-corrected chi connectivity index (χ2v) is 8.14. The summed E-state index contributed by atoms with van der Waals surface area (Å²) >= 11 is 0. The van der Waals surface area contributed by atoms with Gasteiger partial charge in [0, 0.05) is 18.1 Å². The van der Waals surface area contributed by atoms with Gasteiger partial charge in [0.15, 0.2) is 0 Å². The van der Waals surface area contributed by atoms with Crippen LogP contribution in [0.25, 0.3) is 10.8 Å². The summed E-state index contributed by atoms with van der Waals surface area (Å²) in [5.41, 5.74) is 3.38. The van der Waals surface area contributed by atoms with Crippen LogP contribution >= 0.6 is 0 Å². The highest BCUT2D eigenvalue weighted by Gasteiger charge is 2.61. The van der Waals surface area contributed by atoms with Crippen LogP contribution in [0.15, 0.2) is 59.6 Å². The van der Waals surface area contributed by atoms with Crippen LogP contribution in [0.4, 0.5) is 11.4 Å². The fourth-order valence-electron chi connectivity index (χ4n) is 5.02. The lowest BCUT2D eigenvalue weighted by atomic mass is 9.75. The summed E-state index contributed by atoms with van der Waals surface area (Å²) in [6, 6.07) is 18.7. The highest BCUT2D eigenvalue weighted by atomic mass is 16.5. The summed E-state index contributed by atoms with van der Waals surface area (Å²) < 4.78 is 12.3. The van der Waals surface area contributed by atoms with Crippen molar-refractivity contribution in [1.29, 1.82) is 0 Å². The molecule has 0 aliphatic carbocycles. The molecule has 0 saturated heterocycles. The normalized spacial score (nSPS) is 21.9. The minimum atomic E-state index is -0.657. The Morgan fingerprint density at radius 3 is 2.54 bits per heavy atom. The first-order valence-electron chi connectivity index (χ1n) is 9.59. The van der Waals surface area contributed by atoms with Crippen molar-refractivity contribution in [2.24, 2.45) is 4.99 Å². The summed E-state index contributed by atoms with van der Waals surface area (Å²) in [6.07, 6.45) is 0. The number of methoxy groups -OCH3 is 1. The second-order valence-electron chi connectivity index (χ2n) is 8.14. The topological polar surface area (TPSA) is 34.1 Å². The second kappa shape index (κ2) is 5.51. The predicted octanol–water partition coefficient (Wildman–Crippen LogP) is 5.46. The fraction of sp³-hybridized carbons (Fsp3) is 0.292. The molecule has 142 valence electrons. The standard InChI is InChI=1S/C24H24N2O2/c1-15-24(23(2,3)19-8-6-7-9-20(19)26(24)4)28-21-13-11-16-10-12-17(27-5)14-18(16)22(21)25-15/h6-14H,1-5H3. The van der Waals surface area contributed by atoms with E-state index in [1.54, 1.807) is 7.11 Å². The Labute approximate surface area is 165 Å². The van der Waals surface area contributed by atoms with Crippen LogP contribution in [0.2, 0.25) is 0 Å². The van der Waals surface area contributed by atoms with Gasteiger partial charge in [-0.3, -0.25) is 0 Å². The largest absolute Gasteiger partial charge is 0.497 e. The average Bonchev–Trinajstić information content (AvgIpc) is 2.87. The maximum absolute atomic E-state index is 6.84. The Morgan fingerprint density at radius 1 is 1.04 bits per heavy atom. The molecule has 2 aliphatic heterocycles. The number of hydrogen-bond donors (Lipinski definition) is 0. The molecule has 1 atom stereocenters. The van der Waals surface area contributed by atoms with Crippen molar-refractivity contribution < 1.29 is 9.47 Å². The molecule has 2 heterocycles. The molecule has 4 heteroatoms. The smallest absolute Gasteiger partial charge is 0.231 e. The van der Waals surface area contributed by atoms with Gasteiger partial charge in [-0.2, -0.15) is 0 Å².